The van der Waals surface area contributed by atoms with Gasteiger partial charge in [0, 0.05) is 17.7 Å². The molecule has 116 valence electrons. The fraction of sp³-hybridized carbons (Fsp3) is 0.462. The molecule has 1 amide bonds. The van der Waals surface area contributed by atoms with Crippen molar-refractivity contribution in [2.45, 2.75) is 26.3 Å². The van der Waals surface area contributed by atoms with Crippen LogP contribution in [-0.2, 0) is 0 Å². The van der Waals surface area contributed by atoms with Gasteiger partial charge in [-0.15, -0.1) is 0 Å². The summed E-state index contributed by atoms with van der Waals surface area (Å²) >= 11 is 1.81. The molecule has 1 aromatic carbocycles. The molecule has 1 atom stereocenters. The van der Waals surface area contributed by atoms with E-state index in [-0.39, 0.29) is 28.9 Å². The molecule has 0 bridgehead atoms. The van der Waals surface area contributed by atoms with E-state index in [1.165, 1.54) is 18.2 Å². The first kappa shape index (κ1) is 17.3. The molecule has 0 aliphatic carbocycles. The molecule has 1 rings (SSSR count). The normalized spacial score (nSPS) is 11.8. The molecular formula is C13H20N4O3S. The van der Waals surface area contributed by atoms with Crippen LogP contribution in [0, 0.1) is 10.1 Å². The summed E-state index contributed by atoms with van der Waals surface area (Å²) in [6.45, 7) is 4.00. The van der Waals surface area contributed by atoms with E-state index in [1.54, 1.807) is 0 Å². The predicted octanol–water partition coefficient (Wildman–Crippen LogP) is 2.14. The second-order valence-corrected chi connectivity index (χ2v) is 5.89. The lowest BCUT2D eigenvalue weighted by Crippen LogP contribution is -2.33. The first-order valence-corrected chi connectivity index (χ1v) is 7.78. The Morgan fingerprint density at radius 1 is 1.52 bits per heavy atom. The Hall–Kier alpha value is -1.80. The summed E-state index contributed by atoms with van der Waals surface area (Å²) in [4.78, 5) is 22.4. The van der Waals surface area contributed by atoms with Gasteiger partial charge in [-0.2, -0.15) is 11.8 Å². The lowest BCUT2D eigenvalue weighted by Gasteiger charge is -2.13. The lowest BCUT2D eigenvalue weighted by atomic mass is 10.1. The highest BCUT2D eigenvalue weighted by molar-refractivity contribution is 7.99. The summed E-state index contributed by atoms with van der Waals surface area (Å²) in [5.74, 6) is 6.89. The van der Waals surface area contributed by atoms with E-state index in [9.17, 15) is 14.9 Å². The monoisotopic (exact) mass is 312 g/mol. The highest BCUT2D eigenvalue weighted by atomic mass is 32.2. The molecule has 0 fully saturated rings. The maximum atomic E-state index is 12.1. The number of hydrazine groups is 1. The number of nitrogens with one attached hydrogen (secondary N) is 2. The van der Waals surface area contributed by atoms with Crippen molar-refractivity contribution in [1.29, 1.82) is 0 Å². The highest BCUT2D eigenvalue weighted by Crippen LogP contribution is 2.24. The number of nitrogens with two attached hydrogens (primary N) is 1. The number of nitrogens with zero attached hydrogens (tertiary/aromatic N) is 1. The van der Waals surface area contributed by atoms with Gasteiger partial charge >= 0.3 is 0 Å². The number of rotatable bonds is 8. The van der Waals surface area contributed by atoms with Gasteiger partial charge in [0.05, 0.1) is 4.92 Å². The number of carbonyl (C=O) groups is 1. The van der Waals surface area contributed by atoms with Crippen molar-refractivity contribution < 1.29 is 9.72 Å². The van der Waals surface area contributed by atoms with Crippen molar-refractivity contribution in [3.8, 4) is 0 Å². The number of amides is 1. The van der Waals surface area contributed by atoms with Gasteiger partial charge in [-0.1, -0.05) is 6.92 Å². The molecule has 21 heavy (non-hydrogen) atoms. The van der Waals surface area contributed by atoms with Gasteiger partial charge in [-0.3, -0.25) is 20.8 Å². The number of hydrogen-bond acceptors (Lipinski definition) is 6. The van der Waals surface area contributed by atoms with E-state index < -0.39 is 4.92 Å². The number of carbonyl (C=O) groups excluding carboxylic acids is 1. The van der Waals surface area contributed by atoms with E-state index in [1.807, 2.05) is 18.7 Å². The van der Waals surface area contributed by atoms with Gasteiger partial charge in [-0.05, 0) is 37.0 Å². The van der Waals surface area contributed by atoms with Crippen molar-refractivity contribution in [3.05, 3.63) is 33.9 Å². The largest absolute Gasteiger partial charge is 0.350 e. The van der Waals surface area contributed by atoms with Crippen LogP contribution in [0.3, 0.4) is 0 Å². The Labute approximate surface area is 127 Å². The molecule has 0 spiro atoms. The predicted molar refractivity (Wildman–Crippen MR) is 85.5 cm³/mol. The van der Waals surface area contributed by atoms with E-state index in [0.29, 0.717) is 0 Å². The highest BCUT2D eigenvalue weighted by Gasteiger charge is 2.17. The number of anilines is 1. The van der Waals surface area contributed by atoms with E-state index in [2.05, 4.69) is 17.7 Å². The fourth-order valence-corrected chi connectivity index (χ4v) is 2.54. The molecular weight excluding hydrogens is 292 g/mol. The van der Waals surface area contributed by atoms with Crippen molar-refractivity contribution >= 4 is 29.0 Å². The van der Waals surface area contributed by atoms with Crippen LogP contribution >= 0.6 is 11.8 Å². The lowest BCUT2D eigenvalue weighted by molar-refractivity contribution is -0.384. The van der Waals surface area contributed by atoms with Crippen molar-refractivity contribution in [1.82, 2.24) is 5.32 Å². The van der Waals surface area contributed by atoms with Crippen LogP contribution < -0.4 is 16.6 Å². The van der Waals surface area contributed by atoms with Crippen LogP contribution in [0.5, 0.6) is 0 Å². The number of thioether (sulfide) groups is 1. The third-order valence-electron chi connectivity index (χ3n) is 2.89. The Balaban J connectivity index is 2.74. The zero-order chi connectivity index (χ0) is 15.8. The molecule has 7 nitrogen and oxygen atoms in total. The summed E-state index contributed by atoms with van der Waals surface area (Å²) in [5, 5.41) is 13.8. The average molecular weight is 312 g/mol. The summed E-state index contributed by atoms with van der Waals surface area (Å²) in [6.07, 6.45) is 0.856. The molecule has 0 saturated heterocycles. The summed E-state index contributed by atoms with van der Waals surface area (Å²) < 4.78 is 0. The molecule has 0 radical (unpaired) electrons. The maximum Gasteiger partial charge on any atom is 0.294 e. The standard InChI is InChI=1S/C13H20N4O3S/c1-3-21-7-6-9(2)15-13(18)10-4-5-11(16-14)12(8-10)17(19)20/h4-5,8-9,16H,3,6-7,14H2,1-2H3,(H,15,18). The maximum absolute atomic E-state index is 12.1. The SMILES string of the molecule is CCSCCC(C)NC(=O)c1ccc(NN)c([N+](=O)[O-])c1. The minimum atomic E-state index is -0.576. The van der Waals surface area contributed by atoms with Gasteiger partial charge in [-0.25, -0.2) is 0 Å². The van der Waals surface area contributed by atoms with Crippen LogP contribution in [0.25, 0.3) is 0 Å². The Kier molecular flexibility index (Phi) is 6.97. The number of nitro benzene ring substituents is 1. The molecule has 8 heteroatoms. The molecule has 0 aromatic heterocycles. The summed E-state index contributed by atoms with van der Waals surface area (Å²) in [6, 6.07) is 4.16. The quantitative estimate of drug-likeness (QED) is 0.293. The Bertz CT molecular complexity index is 510. The Morgan fingerprint density at radius 2 is 2.24 bits per heavy atom. The summed E-state index contributed by atoms with van der Waals surface area (Å²) in [7, 11) is 0. The average Bonchev–Trinajstić information content (AvgIpc) is 2.46. The van der Waals surface area contributed by atoms with Gasteiger partial charge < -0.3 is 10.7 Å². The number of nitrogen functional groups attached to an aromatic ring is 1. The summed E-state index contributed by atoms with van der Waals surface area (Å²) in [5.41, 5.74) is 2.44. The van der Waals surface area contributed by atoms with Crippen molar-refractivity contribution in [2.24, 2.45) is 5.84 Å². The second kappa shape index (κ2) is 8.48. The van der Waals surface area contributed by atoms with Crippen LogP contribution in [0.1, 0.15) is 30.6 Å². The zero-order valence-corrected chi connectivity index (χ0v) is 12.9. The molecule has 1 aromatic rings. The van der Waals surface area contributed by atoms with Crippen LogP contribution in [0.4, 0.5) is 11.4 Å². The topological polar surface area (TPSA) is 110 Å². The second-order valence-electron chi connectivity index (χ2n) is 4.49. The van der Waals surface area contributed by atoms with E-state index in [0.717, 1.165) is 17.9 Å². The molecule has 0 aliphatic rings. The van der Waals surface area contributed by atoms with E-state index >= 15 is 0 Å². The fourth-order valence-electron chi connectivity index (χ4n) is 1.73. The van der Waals surface area contributed by atoms with Gasteiger partial charge in [0.2, 0.25) is 0 Å². The molecule has 0 heterocycles. The molecule has 0 aliphatic heterocycles. The van der Waals surface area contributed by atoms with Crippen LogP contribution in [0.2, 0.25) is 0 Å². The van der Waals surface area contributed by atoms with Crippen molar-refractivity contribution in [2.75, 3.05) is 16.9 Å². The van der Waals surface area contributed by atoms with Crippen molar-refractivity contribution in [3.63, 3.8) is 0 Å². The number of benzene rings is 1. The Morgan fingerprint density at radius 3 is 2.81 bits per heavy atom. The molecule has 4 N–H and O–H groups in total. The van der Waals surface area contributed by atoms with E-state index in [4.69, 9.17) is 5.84 Å². The van der Waals surface area contributed by atoms with Crippen LogP contribution in [-0.4, -0.2) is 28.4 Å². The molecule has 1 unspecified atom stereocenters. The van der Waals surface area contributed by atoms with Gasteiger partial charge in [0.15, 0.2) is 0 Å². The van der Waals surface area contributed by atoms with Gasteiger partial charge in [0.25, 0.3) is 11.6 Å². The number of hydrogen-bond donors (Lipinski definition) is 3. The third-order valence-corrected chi connectivity index (χ3v) is 3.82. The van der Waals surface area contributed by atoms with Gasteiger partial charge in [0.1, 0.15) is 5.69 Å². The minimum Gasteiger partial charge on any atom is -0.350 e. The zero-order valence-electron chi connectivity index (χ0n) is 12.1. The molecule has 0 saturated carbocycles. The smallest absolute Gasteiger partial charge is 0.294 e. The first-order valence-electron chi connectivity index (χ1n) is 6.63. The third kappa shape index (κ3) is 5.24. The minimum absolute atomic E-state index is 0.0166. The van der Waals surface area contributed by atoms with Crippen LogP contribution in [0.15, 0.2) is 18.2 Å². The first-order chi connectivity index (χ1) is 9.99. The number of nitro groups is 1.